The molecule has 3 rings (SSSR count). The van der Waals surface area contributed by atoms with Crippen LogP contribution in [0.5, 0.6) is 17.2 Å². The molecule has 34 heavy (non-hydrogen) atoms. The molecule has 0 fully saturated rings. The van der Waals surface area contributed by atoms with Crippen LogP contribution in [0.15, 0.2) is 66.7 Å². The summed E-state index contributed by atoms with van der Waals surface area (Å²) in [6.07, 6.45) is -0.114. The molecule has 6 nitrogen and oxygen atoms in total. The van der Waals surface area contributed by atoms with Crippen molar-refractivity contribution in [1.82, 2.24) is 0 Å². The van der Waals surface area contributed by atoms with Crippen LogP contribution < -0.4 is 14.8 Å². The number of thioether (sulfide) groups is 1. The van der Waals surface area contributed by atoms with Gasteiger partial charge in [0.2, 0.25) is 0 Å². The highest BCUT2D eigenvalue weighted by Crippen LogP contribution is 2.38. The molecule has 0 saturated heterocycles. The summed E-state index contributed by atoms with van der Waals surface area (Å²) in [5.74, 6) is 1.10. The summed E-state index contributed by atoms with van der Waals surface area (Å²) in [6.45, 7) is 6.41. The molecule has 0 radical (unpaired) electrons. The number of benzene rings is 3. The van der Waals surface area contributed by atoms with E-state index < -0.39 is 5.97 Å². The van der Waals surface area contributed by atoms with Gasteiger partial charge in [0, 0.05) is 27.3 Å². The highest BCUT2D eigenvalue weighted by atomic mass is 32.2. The molecule has 0 unspecified atom stereocenters. The Labute approximate surface area is 204 Å². The predicted molar refractivity (Wildman–Crippen MR) is 136 cm³/mol. The fourth-order valence-electron chi connectivity index (χ4n) is 3.16. The maximum atomic E-state index is 12.6. The lowest BCUT2D eigenvalue weighted by Gasteiger charge is -2.20. The van der Waals surface area contributed by atoms with Crippen molar-refractivity contribution in [3.05, 3.63) is 83.4 Å². The van der Waals surface area contributed by atoms with E-state index in [1.54, 1.807) is 48.2 Å². The smallest absolute Gasteiger partial charge is 0.307 e. The maximum absolute atomic E-state index is 12.6. The van der Waals surface area contributed by atoms with Gasteiger partial charge in [0.15, 0.2) is 11.5 Å². The summed E-state index contributed by atoms with van der Waals surface area (Å²) in [7, 11) is 1.54. The van der Waals surface area contributed by atoms with Gasteiger partial charge in [-0.1, -0.05) is 45.0 Å². The van der Waals surface area contributed by atoms with Crippen molar-refractivity contribution in [1.29, 1.82) is 0 Å². The van der Waals surface area contributed by atoms with E-state index in [0.29, 0.717) is 39.8 Å². The van der Waals surface area contributed by atoms with Crippen molar-refractivity contribution in [3.63, 3.8) is 0 Å². The number of nitrogens with one attached hydrogen (secondary N) is 1. The van der Waals surface area contributed by atoms with Gasteiger partial charge < -0.3 is 19.9 Å². The number of carbonyl (C=O) groups is 2. The molecular formula is C27H29NO5S. The van der Waals surface area contributed by atoms with Gasteiger partial charge in [0.05, 0.1) is 13.5 Å². The van der Waals surface area contributed by atoms with Gasteiger partial charge >= 0.3 is 5.97 Å². The standard InChI is InChI=1S/C27H29NO5S/c1-27(2,3)34-17-20-16-21(28-26(31)19-8-6-5-7-9-19)11-13-22(20)33-24-14-18(15-25(29)30)10-12-23(24)32-4/h5-14,16H,15,17H2,1-4H3,(H,28,31)(H,29,30). The average molecular weight is 480 g/mol. The minimum absolute atomic E-state index is 0.0274. The highest BCUT2D eigenvalue weighted by molar-refractivity contribution is 7.99. The summed E-state index contributed by atoms with van der Waals surface area (Å²) in [5.41, 5.74) is 2.75. The second-order valence-electron chi connectivity index (χ2n) is 8.70. The quantitative estimate of drug-likeness (QED) is 0.369. The van der Waals surface area contributed by atoms with Crippen LogP contribution in [0.3, 0.4) is 0 Å². The molecule has 0 aliphatic carbocycles. The molecule has 0 aromatic heterocycles. The normalized spacial score (nSPS) is 11.1. The largest absolute Gasteiger partial charge is 0.493 e. The molecule has 3 aromatic carbocycles. The van der Waals surface area contributed by atoms with Crippen LogP contribution in [-0.2, 0) is 17.0 Å². The Balaban J connectivity index is 1.91. The molecule has 7 heteroatoms. The number of hydrogen-bond acceptors (Lipinski definition) is 5. The number of methoxy groups -OCH3 is 1. The first kappa shape index (κ1) is 25.2. The topological polar surface area (TPSA) is 84.9 Å². The number of amides is 1. The van der Waals surface area contributed by atoms with E-state index in [1.165, 1.54) is 7.11 Å². The second-order valence-corrected chi connectivity index (χ2v) is 10.5. The van der Waals surface area contributed by atoms with Crippen LogP contribution in [0.1, 0.15) is 42.3 Å². The van der Waals surface area contributed by atoms with Gasteiger partial charge in [-0.25, -0.2) is 0 Å². The third-order valence-electron chi connectivity index (χ3n) is 4.82. The molecule has 0 atom stereocenters. The highest BCUT2D eigenvalue weighted by Gasteiger charge is 2.17. The third kappa shape index (κ3) is 7.28. The van der Waals surface area contributed by atoms with E-state index in [9.17, 15) is 9.59 Å². The fourth-order valence-corrected chi connectivity index (χ4v) is 3.97. The van der Waals surface area contributed by atoms with Crippen LogP contribution >= 0.6 is 11.8 Å². The molecule has 0 aliphatic rings. The predicted octanol–water partition coefficient (Wildman–Crippen LogP) is 6.40. The lowest BCUT2D eigenvalue weighted by atomic mass is 10.1. The first-order chi connectivity index (χ1) is 16.1. The van der Waals surface area contributed by atoms with Gasteiger partial charge in [0.1, 0.15) is 5.75 Å². The van der Waals surface area contributed by atoms with Crippen molar-refractivity contribution < 1.29 is 24.2 Å². The number of hydrogen-bond donors (Lipinski definition) is 2. The number of rotatable bonds is 9. The minimum Gasteiger partial charge on any atom is -0.493 e. The SMILES string of the molecule is COc1ccc(CC(=O)O)cc1Oc1ccc(NC(=O)c2ccccc2)cc1CSC(C)(C)C. The number of anilines is 1. The van der Waals surface area contributed by atoms with E-state index in [0.717, 1.165) is 5.56 Å². The summed E-state index contributed by atoms with van der Waals surface area (Å²) in [5, 5.41) is 12.1. The molecule has 0 spiro atoms. The van der Waals surface area contributed by atoms with E-state index >= 15 is 0 Å². The summed E-state index contributed by atoms with van der Waals surface area (Å²) in [6, 6.07) is 19.6. The Bertz CT molecular complexity index is 1160. The van der Waals surface area contributed by atoms with Crippen molar-refractivity contribution in [3.8, 4) is 17.2 Å². The fraction of sp³-hybridized carbons (Fsp3) is 0.259. The first-order valence-corrected chi connectivity index (χ1v) is 11.8. The molecule has 0 saturated carbocycles. The van der Waals surface area contributed by atoms with E-state index in [1.807, 2.05) is 30.3 Å². The molecule has 0 aliphatic heterocycles. The van der Waals surface area contributed by atoms with Crippen molar-refractivity contribution >= 4 is 29.3 Å². The van der Waals surface area contributed by atoms with Crippen molar-refractivity contribution in [2.75, 3.05) is 12.4 Å². The molecule has 3 aromatic rings. The van der Waals surface area contributed by atoms with Gasteiger partial charge in [0.25, 0.3) is 5.91 Å². The molecular weight excluding hydrogens is 450 g/mol. The zero-order valence-electron chi connectivity index (χ0n) is 19.8. The first-order valence-electron chi connectivity index (χ1n) is 10.8. The Hall–Kier alpha value is -3.45. The van der Waals surface area contributed by atoms with E-state index in [-0.39, 0.29) is 17.1 Å². The summed E-state index contributed by atoms with van der Waals surface area (Å²) in [4.78, 5) is 23.8. The Morgan fingerprint density at radius 3 is 2.29 bits per heavy atom. The Morgan fingerprint density at radius 1 is 0.941 bits per heavy atom. The van der Waals surface area contributed by atoms with Crippen LogP contribution in [0.2, 0.25) is 0 Å². The molecule has 0 bridgehead atoms. The van der Waals surface area contributed by atoms with Gasteiger partial charge in [-0.3, -0.25) is 9.59 Å². The van der Waals surface area contributed by atoms with Crippen molar-refractivity contribution in [2.24, 2.45) is 0 Å². The molecule has 2 N–H and O–H groups in total. The van der Waals surface area contributed by atoms with Crippen molar-refractivity contribution in [2.45, 2.75) is 37.7 Å². The average Bonchev–Trinajstić information content (AvgIpc) is 2.79. The van der Waals surface area contributed by atoms with Crippen LogP contribution in [0, 0.1) is 0 Å². The lowest BCUT2D eigenvalue weighted by Crippen LogP contribution is -2.12. The zero-order valence-corrected chi connectivity index (χ0v) is 20.6. The van der Waals surface area contributed by atoms with E-state index in [2.05, 4.69) is 26.1 Å². The lowest BCUT2D eigenvalue weighted by molar-refractivity contribution is -0.136. The summed E-state index contributed by atoms with van der Waals surface area (Å²) < 4.78 is 11.7. The van der Waals surface area contributed by atoms with Crippen LogP contribution in [-0.4, -0.2) is 28.8 Å². The second kappa shape index (κ2) is 11.1. The summed E-state index contributed by atoms with van der Waals surface area (Å²) >= 11 is 1.76. The van der Waals surface area contributed by atoms with E-state index in [4.69, 9.17) is 14.6 Å². The maximum Gasteiger partial charge on any atom is 0.307 e. The minimum atomic E-state index is -0.920. The third-order valence-corrected chi connectivity index (χ3v) is 6.14. The Kier molecular flexibility index (Phi) is 8.23. The number of aliphatic carboxylic acids is 1. The zero-order chi connectivity index (χ0) is 24.7. The van der Waals surface area contributed by atoms with Gasteiger partial charge in [-0.2, -0.15) is 11.8 Å². The molecule has 178 valence electrons. The van der Waals surface area contributed by atoms with Gasteiger partial charge in [-0.15, -0.1) is 0 Å². The molecule has 1 amide bonds. The number of carboxylic acids is 1. The van der Waals surface area contributed by atoms with Crippen LogP contribution in [0.4, 0.5) is 5.69 Å². The molecule has 0 heterocycles. The Morgan fingerprint density at radius 2 is 1.65 bits per heavy atom. The monoisotopic (exact) mass is 479 g/mol. The van der Waals surface area contributed by atoms with Crippen LogP contribution in [0.25, 0.3) is 0 Å². The van der Waals surface area contributed by atoms with Gasteiger partial charge in [-0.05, 0) is 48.0 Å². The number of ether oxygens (including phenoxy) is 2. The number of carbonyl (C=O) groups excluding carboxylic acids is 1. The number of carboxylic acid groups (broad SMARTS) is 1.